The second-order valence-corrected chi connectivity index (χ2v) is 5.64. The van der Waals surface area contributed by atoms with Crippen molar-refractivity contribution in [3.05, 3.63) is 64.2 Å². The van der Waals surface area contributed by atoms with Crippen LogP contribution in [0.25, 0.3) is 0 Å². The maximum absolute atomic E-state index is 6.31. The van der Waals surface area contributed by atoms with E-state index in [4.69, 9.17) is 17.3 Å². The first-order chi connectivity index (χ1) is 9.52. The molecule has 2 nitrogen and oxygen atoms in total. The number of nitrogens with two attached hydrogens (primary N) is 1. The molecule has 2 aromatic carbocycles. The fourth-order valence-corrected chi connectivity index (χ4v) is 2.83. The molecule has 0 aliphatic rings. The number of hydrogen-bond acceptors (Lipinski definition) is 2. The number of likely N-dealkylation sites (N-methyl/N-ethyl adjacent to an activating group) is 1. The highest BCUT2D eigenvalue weighted by Crippen LogP contribution is 2.30. The minimum Gasteiger partial charge on any atom is -0.366 e. The summed E-state index contributed by atoms with van der Waals surface area (Å²) in [4.78, 5) is 2.20. The van der Waals surface area contributed by atoms with Gasteiger partial charge in [0.15, 0.2) is 0 Å². The van der Waals surface area contributed by atoms with Crippen LogP contribution in [0.15, 0.2) is 42.5 Å². The Labute approximate surface area is 126 Å². The van der Waals surface area contributed by atoms with Gasteiger partial charge in [0, 0.05) is 24.3 Å². The van der Waals surface area contributed by atoms with E-state index in [0.717, 1.165) is 16.3 Å². The molecule has 0 fully saturated rings. The highest BCUT2D eigenvalue weighted by atomic mass is 35.5. The fraction of sp³-hybridized carbons (Fsp3) is 0.294. The standard InChI is InChI=1S/C17H21ClN2/c1-12-8-13(2)10-14(9-12)20(3)17(11-19)15-6-4-5-7-16(15)18/h4-10,17H,11,19H2,1-3H3. The summed E-state index contributed by atoms with van der Waals surface area (Å²) in [5.74, 6) is 0. The van der Waals surface area contributed by atoms with Crippen LogP contribution in [0.5, 0.6) is 0 Å². The van der Waals surface area contributed by atoms with Crippen LogP contribution in [0.2, 0.25) is 5.02 Å². The Morgan fingerprint density at radius 1 is 1.10 bits per heavy atom. The molecule has 0 bridgehead atoms. The summed E-state index contributed by atoms with van der Waals surface area (Å²) in [5.41, 5.74) is 10.7. The Morgan fingerprint density at radius 3 is 2.25 bits per heavy atom. The van der Waals surface area contributed by atoms with Gasteiger partial charge in [-0.1, -0.05) is 35.9 Å². The molecule has 1 unspecified atom stereocenters. The summed E-state index contributed by atoms with van der Waals surface area (Å²) < 4.78 is 0. The highest BCUT2D eigenvalue weighted by Gasteiger charge is 2.18. The first-order valence-electron chi connectivity index (χ1n) is 6.78. The van der Waals surface area contributed by atoms with Gasteiger partial charge in [-0.05, 0) is 48.7 Å². The molecule has 0 saturated carbocycles. The van der Waals surface area contributed by atoms with Crippen molar-refractivity contribution < 1.29 is 0 Å². The number of halogens is 1. The normalized spacial score (nSPS) is 12.2. The quantitative estimate of drug-likeness (QED) is 0.918. The third-order valence-electron chi connectivity index (χ3n) is 3.57. The summed E-state index contributed by atoms with van der Waals surface area (Å²) in [5, 5.41) is 0.763. The van der Waals surface area contributed by atoms with E-state index in [1.165, 1.54) is 11.1 Å². The Hall–Kier alpha value is -1.51. The van der Waals surface area contributed by atoms with Gasteiger partial charge in [0.25, 0.3) is 0 Å². The molecule has 0 aliphatic carbocycles. The van der Waals surface area contributed by atoms with Crippen LogP contribution in [0.3, 0.4) is 0 Å². The fourth-order valence-electron chi connectivity index (χ4n) is 2.57. The van der Waals surface area contributed by atoms with Crippen molar-refractivity contribution in [1.82, 2.24) is 0 Å². The highest BCUT2D eigenvalue weighted by molar-refractivity contribution is 6.31. The van der Waals surface area contributed by atoms with Crippen LogP contribution in [0.4, 0.5) is 5.69 Å². The summed E-state index contributed by atoms with van der Waals surface area (Å²) in [6.45, 7) is 4.74. The molecule has 0 spiro atoms. The molecule has 2 N–H and O–H groups in total. The van der Waals surface area contributed by atoms with Crippen molar-refractivity contribution >= 4 is 17.3 Å². The first-order valence-corrected chi connectivity index (χ1v) is 7.16. The van der Waals surface area contributed by atoms with Gasteiger partial charge in [0.1, 0.15) is 0 Å². The van der Waals surface area contributed by atoms with Crippen molar-refractivity contribution in [3.8, 4) is 0 Å². The van der Waals surface area contributed by atoms with E-state index in [0.29, 0.717) is 6.54 Å². The minimum absolute atomic E-state index is 0.0740. The molecule has 0 aromatic heterocycles. The summed E-state index contributed by atoms with van der Waals surface area (Å²) in [6, 6.07) is 14.5. The van der Waals surface area contributed by atoms with Crippen molar-refractivity contribution in [2.75, 3.05) is 18.5 Å². The Bertz CT molecular complexity index is 575. The molecule has 2 aromatic rings. The van der Waals surface area contributed by atoms with Crippen LogP contribution in [0, 0.1) is 13.8 Å². The zero-order chi connectivity index (χ0) is 14.7. The number of rotatable bonds is 4. The van der Waals surface area contributed by atoms with Crippen molar-refractivity contribution in [2.45, 2.75) is 19.9 Å². The minimum atomic E-state index is 0.0740. The SMILES string of the molecule is Cc1cc(C)cc(N(C)C(CN)c2ccccc2Cl)c1. The Morgan fingerprint density at radius 2 is 1.70 bits per heavy atom. The van der Waals surface area contributed by atoms with E-state index in [1.807, 2.05) is 24.3 Å². The van der Waals surface area contributed by atoms with Gasteiger partial charge < -0.3 is 10.6 Å². The van der Waals surface area contributed by atoms with Crippen LogP contribution in [0.1, 0.15) is 22.7 Å². The molecule has 0 saturated heterocycles. The van der Waals surface area contributed by atoms with E-state index in [2.05, 4.69) is 44.0 Å². The number of aryl methyl sites for hydroxylation is 2. The number of anilines is 1. The topological polar surface area (TPSA) is 29.3 Å². The van der Waals surface area contributed by atoms with E-state index >= 15 is 0 Å². The molecule has 0 radical (unpaired) electrons. The summed E-state index contributed by atoms with van der Waals surface area (Å²) in [7, 11) is 2.06. The maximum atomic E-state index is 6.31. The number of nitrogens with zero attached hydrogens (tertiary/aromatic N) is 1. The van der Waals surface area contributed by atoms with E-state index in [1.54, 1.807) is 0 Å². The summed E-state index contributed by atoms with van der Waals surface area (Å²) in [6.07, 6.45) is 0. The van der Waals surface area contributed by atoms with E-state index in [9.17, 15) is 0 Å². The average Bonchev–Trinajstić information content (AvgIpc) is 2.40. The lowest BCUT2D eigenvalue weighted by molar-refractivity contribution is 0.680. The van der Waals surface area contributed by atoms with Gasteiger partial charge in [0.2, 0.25) is 0 Å². The molecule has 0 amide bonds. The van der Waals surface area contributed by atoms with Gasteiger partial charge in [-0.15, -0.1) is 0 Å². The monoisotopic (exact) mass is 288 g/mol. The van der Waals surface area contributed by atoms with Gasteiger partial charge in [-0.2, -0.15) is 0 Å². The lowest BCUT2D eigenvalue weighted by atomic mass is 10.0. The van der Waals surface area contributed by atoms with Gasteiger partial charge >= 0.3 is 0 Å². The predicted molar refractivity (Wildman–Crippen MR) is 87.6 cm³/mol. The molecule has 106 valence electrons. The number of benzene rings is 2. The molecule has 0 aliphatic heterocycles. The van der Waals surface area contributed by atoms with Crippen LogP contribution < -0.4 is 10.6 Å². The third kappa shape index (κ3) is 3.14. The van der Waals surface area contributed by atoms with Crippen molar-refractivity contribution in [3.63, 3.8) is 0 Å². The van der Waals surface area contributed by atoms with Crippen LogP contribution in [-0.2, 0) is 0 Å². The smallest absolute Gasteiger partial charge is 0.0676 e. The molecule has 2 rings (SSSR count). The molecule has 0 heterocycles. The van der Waals surface area contributed by atoms with Gasteiger partial charge in [-0.25, -0.2) is 0 Å². The lowest BCUT2D eigenvalue weighted by Crippen LogP contribution is -2.30. The second-order valence-electron chi connectivity index (χ2n) is 5.23. The third-order valence-corrected chi connectivity index (χ3v) is 3.91. The molecular formula is C17H21ClN2. The average molecular weight is 289 g/mol. The molecular weight excluding hydrogens is 268 g/mol. The molecule has 3 heteroatoms. The predicted octanol–water partition coefficient (Wildman–Crippen LogP) is 4.09. The second kappa shape index (κ2) is 6.29. The van der Waals surface area contributed by atoms with Gasteiger partial charge in [0.05, 0.1) is 6.04 Å². The first kappa shape index (κ1) is 14.9. The Kier molecular flexibility index (Phi) is 4.69. The zero-order valence-corrected chi connectivity index (χ0v) is 13.0. The van der Waals surface area contributed by atoms with E-state index in [-0.39, 0.29) is 6.04 Å². The largest absolute Gasteiger partial charge is 0.366 e. The summed E-state index contributed by atoms with van der Waals surface area (Å²) >= 11 is 6.31. The number of hydrogen-bond donors (Lipinski definition) is 1. The maximum Gasteiger partial charge on any atom is 0.0676 e. The van der Waals surface area contributed by atoms with Crippen molar-refractivity contribution in [1.29, 1.82) is 0 Å². The van der Waals surface area contributed by atoms with Crippen LogP contribution in [-0.4, -0.2) is 13.6 Å². The van der Waals surface area contributed by atoms with Crippen LogP contribution >= 0.6 is 11.6 Å². The molecule has 20 heavy (non-hydrogen) atoms. The van der Waals surface area contributed by atoms with E-state index < -0.39 is 0 Å². The molecule has 1 atom stereocenters. The lowest BCUT2D eigenvalue weighted by Gasteiger charge is -2.30. The zero-order valence-electron chi connectivity index (χ0n) is 12.2. The van der Waals surface area contributed by atoms with Gasteiger partial charge in [-0.3, -0.25) is 0 Å². The van der Waals surface area contributed by atoms with Crippen molar-refractivity contribution in [2.24, 2.45) is 5.73 Å². The Balaban J connectivity index is 2.39.